The van der Waals surface area contributed by atoms with Crippen molar-refractivity contribution in [3.05, 3.63) is 0 Å². The number of hydrogen-bond acceptors (Lipinski definition) is 10. The van der Waals surface area contributed by atoms with Gasteiger partial charge in [-0.2, -0.15) is 12.6 Å². The molecule has 0 bridgehead atoms. The van der Waals surface area contributed by atoms with Gasteiger partial charge in [0.05, 0.1) is 99.1 Å². The van der Waals surface area contributed by atoms with Crippen LogP contribution in [0.4, 0.5) is 0 Å². The van der Waals surface area contributed by atoms with Crippen molar-refractivity contribution in [2.45, 2.75) is 57.8 Å². The molecule has 0 atom stereocenters. The Bertz CT molecular complexity index is 478. The van der Waals surface area contributed by atoms with Crippen molar-refractivity contribution in [2.24, 2.45) is 0 Å². The largest absolute Gasteiger partial charge is 0.382 e. The average molecular weight is 584 g/mol. The zero-order valence-corrected chi connectivity index (χ0v) is 25.4. The molecule has 0 unspecified atom stereocenters. The highest BCUT2D eigenvalue weighted by molar-refractivity contribution is 7.80. The molecule has 0 aliphatic rings. The molecule has 11 heteroatoms. The minimum atomic E-state index is 0.110. The van der Waals surface area contributed by atoms with Crippen LogP contribution < -0.4 is 5.32 Å². The lowest BCUT2D eigenvalue weighted by atomic mass is 10.1. The van der Waals surface area contributed by atoms with Crippen LogP contribution in [0.1, 0.15) is 57.8 Å². The van der Waals surface area contributed by atoms with Crippen molar-refractivity contribution in [2.75, 3.05) is 119 Å². The molecule has 0 rings (SSSR count). The molecule has 0 aliphatic carbocycles. The summed E-state index contributed by atoms with van der Waals surface area (Å²) in [5.41, 5.74) is 0. The number of unbranched alkanes of at least 4 members (excludes halogenated alkanes) is 7. The Morgan fingerprint density at radius 3 is 1.21 bits per heavy atom. The Kier molecular flexibility index (Phi) is 35.1. The molecule has 234 valence electrons. The summed E-state index contributed by atoms with van der Waals surface area (Å²) in [7, 11) is 1.65. The summed E-state index contributed by atoms with van der Waals surface area (Å²) < 4.78 is 42.9. The third-order valence-corrected chi connectivity index (χ3v) is 5.86. The van der Waals surface area contributed by atoms with Gasteiger partial charge in [0.25, 0.3) is 0 Å². The van der Waals surface area contributed by atoms with Crippen molar-refractivity contribution in [3.63, 3.8) is 0 Å². The molecule has 0 fully saturated rings. The maximum absolute atomic E-state index is 11.8. The molecule has 0 radical (unpaired) electrons. The number of thiol groups is 1. The molecule has 39 heavy (non-hydrogen) atoms. The van der Waals surface area contributed by atoms with Crippen LogP contribution in [0.2, 0.25) is 0 Å². The topological polar surface area (TPSA) is 103 Å². The monoisotopic (exact) mass is 583 g/mol. The van der Waals surface area contributed by atoms with Crippen LogP contribution in [0.5, 0.6) is 0 Å². The van der Waals surface area contributed by atoms with E-state index in [-0.39, 0.29) is 5.91 Å². The molecule has 0 saturated carbocycles. The van der Waals surface area contributed by atoms with Crippen molar-refractivity contribution in [1.82, 2.24) is 5.32 Å². The SMILES string of the molecule is COCCOCCOCCOCCOCCOCCOCCOCCNC(=O)CCCCCCCCCCS. The minimum Gasteiger partial charge on any atom is -0.382 e. The lowest BCUT2D eigenvalue weighted by Gasteiger charge is -2.09. The van der Waals surface area contributed by atoms with Crippen LogP contribution in [0.3, 0.4) is 0 Å². The van der Waals surface area contributed by atoms with Crippen molar-refractivity contribution < 1.29 is 42.7 Å². The van der Waals surface area contributed by atoms with Gasteiger partial charge in [0.2, 0.25) is 5.91 Å². The number of ether oxygens (including phenoxy) is 8. The first-order valence-corrected chi connectivity index (χ1v) is 15.3. The molecular weight excluding hydrogens is 526 g/mol. The number of amides is 1. The van der Waals surface area contributed by atoms with Gasteiger partial charge in [0.15, 0.2) is 0 Å². The van der Waals surface area contributed by atoms with Crippen LogP contribution in [0, 0.1) is 0 Å². The smallest absolute Gasteiger partial charge is 0.220 e. The first-order valence-electron chi connectivity index (χ1n) is 14.7. The van der Waals surface area contributed by atoms with Gasteiger partial charge < -0.3 is 43.2 Å². The molecule has 0 aromatic carbocycles. The fourth-order valence-electron chi connectivity index (χ4n) is 3.37. The van der Waals surface area contributed by atoms with Crippen molar-refractivity contribution in [3.8, 4) is 0 Å². The zero-order chi connectivity index (χ0) is 28.3. The predicted octanol–water partition coefficient (Wildman–Crippen LogP) is 3.31. The first kappa shape index (κ1) is 38.5. The van der Waals surface area contributed by atoms with E-state index < -0.39 is 0 Å². The van der Waals surface area contributed by atoms with E-state index in [1.54, 1.807) is 7.11 Å². The van der Waals surface area contributed by atoms with Crippen LogP contribution >= 0.6 is 12.6 Å². The summed E-state index contributed by atoms with van der Waals surface area (Å²) in [6.07, 6.45) is 10.3. The maximum Gasteiger partial charge on any atom is 0.220 e. The summed E-state index contributed by atoms with van der Waals surface area (Å²) in [6.45, 7) is 8.51. The predicted molar refractivity (Wildman–Crippen MR) is 156 cm³/mol. The summed E-state index contributed by atoms with van der Waals surface area (Å²) in [4.78, 5) is 11.8. The lowest BCUT2D eigenvalue weighted by molar-refractivity contribution is -0.121. The van der Waals surface area contributed by atoms with Gasteiger partial charge in [-0.25, -0.2) is 0 Å². The molecule has 0 aromatic rings. The normalized spacial score (nSPS) is 11.3. The van der Waals surface area contributed by atoms with E-state index in [4.69, 9.17) is 37.9 Å². The van der Waals surface area contributed by atoms with E-state index in [1.807, 2.05) is 0 Å². The van der Waals surface area contributed by atoms with Crippen molar-refractivity contribution >= 4 is 18.5 Å². The number of carbonyl (C=O) groups excluding carboxylic acids is 1. The second-order valence-corrected chi connectivity index (χ2v) is 9.38. The lowest BCUT2D eigenvalue weighted by Crippen LogP contribution is -2.27. The number of rotatable bonds is 34. The third-order valence-electron chi connectivity index (χ3n) is 5.54. The number of carbonyl (C=O) groups is 1. The molecule has 0 saturated heterocycles. The van der Waals surface area contributed by atoms with E-state index >= 15 is 0 Å². The van der Waals surface area contributed by atoms with E-state index in [0.29, 0.717) is 112 Å². The molecule has 0 aliphatic heterocycles. The second-order valence-electron chi connectivity index (χ2n) is 8.93. The quantitative estimate of drug-likeness (QED) is 0.0873. The molecule has 1 amide bonds. The van der Waals surface area contributed by atoms with Gasteiger partial charge in [-0.15, -0.1) is 0 Å². The highest BCUT2D eigenvalue weighted by atomic mass is 32.1. The fourth-order valence-corrected chi connectivity index (χ4v) is 3.60. The highest BCUT2D eigenvalue weighted by Gasteiger charge is 2.01. The first-order chi connectivity index (χ1) is 19.3. The van der Waals surface area contributed by atoms with Gasteiger partial charge in [-0.3, -0.25) is 4.79 Å². The molecule has 0 aromatic heterocycles. The standard InChI is InChI=1S/C28H57NO9S/c1-31-13-14-33-17-18-35-21-22-37-25-26-38-24-23-36-20-19-34-16-15-32-12-11-29-28(30)10-8-6-4-2-3-5-7-9-27-39/h39H,2-27H2,1H3,(H,29,30). The Balaban J connectivity index is 3.11. The third kappa shape index (κ3) is 35.5. The average Bonchev–Trinajstić information content (AvgIpc) is 2.94. The van der Waals surface area contributed by atoms with Crippen molar-refractivity contribution in [1.29, 1.82) is 0 Å². The van der Waals surface area contributed by atoms with Gasteiger partial charge in [-0.1, -0.05) is 38.5 Å². The number of methoxy groups -OCH3 is 1. The zero-order valence-electron chi connectivity index (χ0n) is 24.5. The summed E-state index contributed by atoms with van der Waals surface area (Å²) >= 11 is 4.23. The fraction of sp³-hybridized carbons (Fsp3) is 0.964. The van der Waals surface area contributed by atoms with Gasteiger partial charge in [0.1, 0.15) is 0 Å². The van der Waals surface area contributed by atoms with Crippen LogP contribution in [0.15, 0.2) is 0 Å². The Labute approximate surface area is 242 Å². The van der Waals surface area contributed by atoms with E-state index in [0.717, 1.165) is 18.6 Å². The molecule has 0 heterocycles. The maximum atomic E-state index is 11.8. The highest BCUT2D eigenvalue weighted by Crippen LogP contribution is 2.09. The Morgan fingerprint density at radius 1 is 0.487 bits per heavy atom. The van der Waals surface area contributed by atoms with E-state index in [1.165, 1.54) is 38.5 Å². The van der Waals surface area contributed by atoms with Crippen LogP contribution in [-0.2, 0) is 42.7 Å². The summed E-state index contributed by atoms with van der Waals surface area (Å²) in [5, 5.41) is 2.91. The van der Waals surface area contributed by atoms with Crippen LogP contribution in [0.25, 0.3) is 0 Å². The van der Waals surface area contributed by atoms with Gasteiger partial charge >= 0.3 is 0 Å². The van der Waals surface area contributed by atoms with Gasteiger partial charge in [-0.05, 0) is 18.6 Å². The van der Waals surface area contributed by atoms with Crippen LogP contribution in [-0.4, -0.2) is 124 Å². The molecule has 0 spiro atoms. The Hall–Kier alpha value is -0.500. The molecule has 1 N–H and O–H groups in total. The number of hydrogen-bond donors (Lipinski definition) is 2. The molecule has 10 nitrogen and oxygen atoms in total. The van der Waals surface area contributed by atoms with Gasteiger partial charge in [0, 0.05) is 20.1 Å². The summed E-state index contributed by atoms with van der Waals surface area (Å²) in [6, 6.07) is 0. The second kappa shape index (κ2) is 35.5. The van der Waals surface area contributed by atoms with E-state index in [2.05, 4.69) is 17.9 Å². The minimum absolute atomic E-state index is 0.110. The Morgan fingerprint density at radius 2 is 0.821 bits per heavy atom. The number of nitrogens with one attached hydrogen (secondary N) is 1. The molecular formula is C28H57NO9S. The van der Waals surface area contributed by atoms with E-state index in [9.17, 15) is 4.79 Å². The summed E-state index contributed by atoms with van der Waals surface area (Å²) in [5.74, 6) is 1.10.